The fraction of sp³-hybridized carbons (Fsp3) is 0.417. The van der Waals surface area contributed by atoms with Crippen molar-refractivity contribution in [2.24, 2.45) is 0 Å². The highest BCUT2D eigenvalue weighted by Crippen LogP contribution is 2.20. The smallest absolute Gasteiger partial charge is 0.170 e. The molecule has 96 valence electrons. The first-order valence-electron chi connectivity index (χ1n) is 5.89. The van der Waals surface area contributed by atoms with Crippen molar-refractivity contribution in [1.29, 1.82) is 0 Å². The number of hydrogen-bond donors (Lipinski definition) is 1. The lowest BCUT2D eigenvalue weighted by molar-refractivity contribution is 0.414. The highest BCUT2D eigenvalue weighted by Gasteiger charge is 2.10. The molecule has 0 fully saturated rings. The number of aryl methyl sites for hydroxylation is 1. The molecule has 0 aliphatic rings. The van der Waals surface area contributed by atoms with Gasteiger partial charge in [0.2, 0.25) is 0 Å². The zero-order valence-corrected chi connectivity index (χ0v) is 10.8. The summed E-state index contributed by atoms with van der Waals surface area (Å²) in [5.74, 6) is 1.58. The Morgan fingerprint density at radius 2 is 2.22 bits per heavy atom. The molecule has 0 radical (unpaired) electrons. The molecule has 2 aromatic rings. The Labute approximate surface area is 106 Å². The van der Waals surface area contributed by atoms with Gasteiger partial charge >= 0.3 is 0 Å². The van der Waals surface area contributed by atoms with Crippen molar-refractivity contribution in [3.63, 3.8) is 0 Å². The van der Waals surface area contributed by atoms with Crippen molar-refractivity contribution < 1.29 is 4.74 Å². The van der Waals surface area contributed by atoms with Gasteiger partial charge in [0.1, 0.15) is 5.75 Å². The van der Waals surface area contributed by atoms with E-state index < -0.39 is 0 Å². The number of rotatable bonds is 5. The second-order valence-corrected chi connectivity index (χ2v) is 3.94. The van der Waals surface area contributed by atoms with Gasteiger partial charge in [0.25, 0.3) is 0 Å². The molecular weight excluding hydrogens is 230 g/mol. The quantitative estimate of drug-likeness (QED) is 0.856. The van der Waals surface area contributed by atoms with Crippen molar-refractivity contribution >= 4 is 0 Å². The Balaban J connectivity index is 2.38. The standard InChI is InChI=1S/C12H17N5O/c1-4-13-8-12-14-15-16-17(12)11-7-10(18-3)6-5-9(11)2/h5-7,13H,4,8H2,1-3H3. The SMILES string of the molecule is CCNCc1nnnn1-c1cc(OC)ccc1C. The second-order valence-electron chi connectivity index (χ2n) is 3.94. The minimum atomic E-state index is 0.639. The maximum absolute atomic E-state index is 5.23. The summed E-state index contributed by atoms with van der Waals surface area (Å²) in [5, 5.41) is 15.0. The number of ether oxygens (including phenoxy) is 1. The Bertz CT molecular complexity index is 523. The molecule has 0 amide bonds. The first-order valence-corrected chi connectivity index (χ1v) is 5.89. The average Bonchev–Trinajstić information content (AvgIpc) is 2.85. The van der Waals surface area contributed by atoms with Crippen LogP contribution in [-0.2, 0) is 6.54 Å². The fourth-order valence-electron chi connectivity index (χ4n) is 1.68. The van der Waals surface area contributed by atoms with E-state index in [0.717, 1.165) is 29.4 Å². The van der Waals surface area contributed by atoms with Gasteiger partial charge in [-0.05, 0) is 35.5 Å². The van der Waals surface area contributed by atoms with Gasteiger partial charge in [-0.3, -0.25) is 0 Å². The lowest BCUT2D eigenvalue weighted by Gasteiger charge is -2.09. The molecule has 0 saturated carbocycles. The van der Waals surface area contributed by atoms with E-state index in [4.69, 9.17) is 4.74 Å². The molecule has 1 aromatic heterocycles. The van der Waals surface area contributed by atoms with Crippen molar-refractivity contribution in [3.05, 3.63) is 29.6 Å². The van der Waals surface area contributed by atoms with Gasteiger partial charge in [-0.25, -0.2) is 0 Å². The molecule has 0 aliphatic carbocycles. The van der Waals surface area contributed by atoms with Crippen molar-refractivity contribution in [2.45, 2.75) is 20.4 Å². The minimum absolute atomic E-state index is 0.639. The van der Waals surface area contributed by atoms with Gasteiger partial charge in [0.05, 0.1) is 19.3 Å². The molecule has 0 unspecified atom stereocenters. The maximum Gasteiger partial charge on any atom is 0.170 e. The lowest BCUT2D eigenvalue weighted by atomic mass is 10.2. The molecule has 1 N–H and O–H groups in total. The number of benzene rings is 1. The third-order valence-electron chi connectivity index (χ3n) is 2.71. The molecular formula is C12H17N5O. The molecule has 6 heteroatoms. The summed E-state index contributed by atoms with van der Waals surface area (Å²) in [6.07, 6.45) is 0. The van der Waals surface area contributed by atoms with E-state index >= 15 is 0 Å². The molecule has 0 aliphatic heterocycles. The van der Waals surface area contributed by atoms with Crippen LogP contribution in [0.25, 0.3) is 5.69 Å². The topological polar surface area (TPSA) is 64.9 Å². The summed E-state index contributed by atoms with van der Waals surface area (Å²) in [5.41, 5.74) is 2.04. The van der Waals surface area contributed by atoms with Gasteiger partial charge in [0, 0.05) is 6.07 Å². The third-order valence-corrected chi connectivity index (χ3v) is 2.71. The highest BCUT2D eigenvalue weighted by molar-refractivity contribution is 5.45. The van der Waals surface area contributed by atoms with Crippen LogP contribution in [0.5, 0.6) is 5.75 Å². The van der Waals surface area contributed by atoms with Crippen LogP contribution in [0.1, 0.15) is 18.3 Å². The van der Waals surface area contributed by atoms with Crippen LogP contribution in [0.15, 0.2) is 18.2 Å². The number of hydrogen-bond acceptors (Lipinski definition) is 5. The first kappa shape index (κ1) is 12.5. The molecule has 0 spiro atoms. The zero-order valence-electron chi connectivity index (χ0n) is 10.8. The van der Waals surface area contributed by atoms with E-state index in [1.54, 1.807) is 11.8 Å². The first-order chi connectivity index (χ1) is 8.76. The number of methoxy groups -OCH3 is 1. The summed E-state index contributed by atoms with van der Waals surface area (Å²) in [4.78, 5) is 0. The molecule has 6 nitrogen and oxygen atoms in total. The second kappa shape index (κ2) is 5.59. The Kier molecular flexibility index (Phi) is 3.88. The average molecular weight is 247 g/mol. The van der Waals surface area contributed by atoms with Gasteiger partial charge in [-0.1, -0.05) is 13.0 Å². The van der Waals surface area contributed by atoms with Gasteiger partial charge < -0.3 is 10.1 Å². The predicted octanol–water partition coefficient (Wildman–Crippen LogP) is 1.09. The summed E-state index contributed by atoms with van der Waals surface area (Å²) in [6, 6.07) is 5.85. The molecule has 1 heterocycles. The zero-order chi connectivity index (χ0) is 13.0. The largest absolute Gasteiger partial charge is 0.497 e. The summed E-state index contributed by atoms with van der Waals surface area (Å²) >= 11 is 0. The monoisotopic (exact) mass is 247 g/mol. The number of nitrogens with one attached hydrogen (secondary N) is 1. The molecule has 1 aromatic carbocycles. The van der Waals surface area contributed by atoms with E-state index in [1.807, 2.05) is 32.0 Å². The summed E-state index contributed by atoms with van der Waals surface area (Å²) in [6.45, 7) is 5.59. The van der Waals surface area contributed by atoms with Crippen LogP contribution in [0.4, 0.5) is 0 Å². The number of nitrogens with zero attached hydrogens (tertiary/aromatic N) is 4. The van der Waals surface area contributed by atoms with Crippen LogP contribution in [-0.4, -0.2) is 33.9 Å². The van der Waals surface area contributed by atoms with Crippen molar-refractivity contribution in [1.82, 2.24) is 25.5 Å². The van der Waals surface area contributed by atoms with Crippen molar-refractivity contribution in [2.75, 3.05) is 13.7 Å². The van der Waals surface area contributed by atoms with Crippen LogP contribution in [0.3, 0.4) is 0 Å². The maximum atomic E-state index is 5.23. The van der Waals surface area contributed by atoms with Crippen LogP contribution >= 0.6 is 0 Å². The Morgan fingerprint density at radius 1 is 1.39 bits per heavy atom. The molecule has 2 rings (SSSR count). The summed E-state index contributed by atoms with van der Waals surface area (Å²) in [7, 11) is 1.65. The van der Waals surface area contributed by atoms with Crippen LogP contribution < -0.4 is 10.1 Å². The van der Waals surface area contributed by atoms with Crippen LogP contribution in [0.2, 0.25) is 0 Å². The Morgan fingerprint density at radius 3 is 2.94 bits per heavy atom. The van der Waals surface area contributed by atoms with E-state index in [1.165, 1.54) is 0 Å². The molecule has 0 bridgehead atoms. The Hall–Kier alpha value is -1.95. The highest BCUT2D eigenvalue weighted by atomic mass is 16.5. The van der Waals surface area contributed by atoms with Gasteiger partial charge in [0.15, 0.2) is 5.82 Å². The van der Waals surface area contributed by atoms with E-state index in [0.29, 0.717) is 6.54 Å². The normalized spacial score (nSPS) is 10.6. The number of aromatic nitrogens is 4. The van der Waals surface area contributed by atoms with Gasteiger partial charge in [-0.15, -0.1) is 5.10 Å². The van der Waals surface area contributed by atoms with Gasteiger partial charge in [-0.2, -0.15) is 4.68 Å². The molecule has 0 saturated heterocycles. The molecule has 0 atom stereocenters. The lowest BCUT2D eigenvalue weighted by Crippen LogP contribution is -2.16. The molecule has 18 heavy (non-hydrogen) atoms. The van der Waals surface area contributed by atoms with Crippen LogP contribution in [0, 0.1) is 6.92 Å². The predicted molar refractivity (Wildman–Crippen MR) is 67.8 cm³/mol. The third kappa shape index (κ3) is 2.48. The number of tetrazole rings is 1. The van der Waals surface area contributed by atoms with E-state index in [9.17, 15) is 0 Å². The van der Waals surface area contributed by atoms with E-state index in [2.05, 4.69) is 20.8 Å². The fourth-order valence-corrected chi connectivity index (χ4v) is 1.68. The minimum Gasteiger partial charge on any atom is -0.497 e. The van der Waals surface area contributed by atoms with E-state index in [-0.39, 0.29) is 0 Å². The van der Waals surface area contributed by atoms with Crippen molar-refractivity contribution in [3.8, 4) is 11.4 Å². The summed E-state index contributed by atoms with van der Waals surface area (Å²) < 4.78 is 6.97.